The van der Waals surface area contributed by atoms with E-state index < -0.39 is 0 Å². The second-order valence-corrected chi connectivity index (χ2v) is 6.64. The number of carbonyl (C=O) groups is 1. The molecule has 0 bridgehead atoms. The lowest BCUT2D eigenvalue weighted by Crippen LogP contribution is -2.67. The number of amides is 1. The van der Waals surface area contributed by atoms with Crippen molar-refractivity contribution in [2.24, 2.45) is 11.8 Å². The summed E-state index contributed by atoms with van der Waals surface area (Å²) in [6, 6.07) is 0.937. The Bertz CT molecular complexity index is 422. The number of nitrogens with zero attached hydrogens (tertiary/aromatic N) is 2. The minimum absolute atomic E-state index is 0.187. The molecular weight excluding hydrogens is 240 g/mol. The Morgan fingerprint density at radius 2 is 2.21 bits per heavy atom. The van der Waals surface area contributed by atoms with Crippen LogP contribution in [0, 0.1) is 11.8 Å². The van der Waals surface area contributed by atoms with Crippen LogP contribution in [-0.2, 0) is 4.79 Å². The number of carbonyl (C=O) groups excluding carboxylic acids is 1. The molecule has 1 N–H and O–H groups in total. The van der Waals surface area contributed by atoms with E-state index in [1.54, 1.807) is 6.08 Å². The van der Waals surface area contributed by atoms with Crippen LogP contribution >= 0.6 is 0 Å². The van der Waals surface area contributed by atoms with Gasteiger partial charge in [-0.05, 0) is 50.1 Å². The zero-order valence-electron chi connectivity index (χ0n) is 11.2. The molecule has 4 nitrogen and oxygen atoms in total. The van der Waals surface area contributed by atoms with Crippen LogP contribution in [0.15, 0.2) is 12.2 Å². The van der Waals surface area contributed by atoms with Crippen LogP contribution in [0.3, 0.4) is 0 Å². The fourth-order valence-corrected chi connectivity index (χ4v) is 4.97. The average Bonchev–Trinajstić information content (AvgIpc) is 2.40. The smallest absolute Gasteiger partial charge is 0.246 e. The summed E-state index contributed by atoms with van der Waals surface area (Å²) in [5.41, 5.74) is 0. The van der Waals surface area contributed by atoms with Gasteiger partial charge in [0, 0.05) is 25.2 Å². The van der Waals surface area contributed by atoms with Gasteiger partial charge in [-0.2, -0.15) is 0 Å². The average molecular weight is 262 g/mol. The van der Waals surface area contributed by atoms with E-state index in [1.165, 1.54) is 12.8 Å². The van der Waals surface area contributed by atoms with Crippen LogP contribution in [-0.4, -0.2) is 58.6 Å². The van der Waals surface area contributed by atoms with Crippen molar-refractivity contribution in [2.45, 2.75) is 43.9 Å². The summed E-state index contributed by atoms with van der Waals surface area (Å²) in [6.45, 7) is 2.90. The molecule has 0 unspecified atom stereocenters. The lowest BCUT2D eigenvalue weighted by atomic mass is 9.68. The van der Waals surface area contributed by atoms with Gasteiger partial charge >= 0.3 is 0 Å². The molecule has 5 atom stereocenters. The predicted octanol–water partition coefficient (Wildman–Crippen LogP) is 0.619. The SMILES string of the molecule is O=C1C=CC[C@@H]2[C@H]3C[C@H](O)CN4CCC[C@@H](CN12)[C@@H]34. The van der Waals surface area contributed by atoms with Gasteiger partial charge in [-0.15, -0.1) is 0 Å². The number of rotatable bonds is 0. The fourth-order valence-electron chi connectivity index (χ4n) is 4.97. The van der Waals surface area contributed by atoms with Crippen molar-refractivity contribution >= 4 is 5.91 Å². The molecule has 3 fully saturated rings. The van der Waals surface area contributed by atoms with Gasteiger partial charge < -0.3 is 10.0 Å². The van der Waals surface area contributed by atoms with Crippen molar-refractivity contribution in [3.8, 4) is 0 Å². The quantitative estimate of drug-likeness (QED) is 0.696. The third kappa shape index (κ3) is 1.77. The van der Waals surface area contributed by atoms with E-state index in [9.17, 15) is 9.90 Å². The second kappa shape index (κ2) is 4.32. The summed E-state index contributed by atoms with van der Waals surface area (Å²) >= 11 is 0. The van der Waals surface area contributed by atoms with Crippen LogP contribution in [0.5, 0.6) is 0 Å². The van der Waals surface area contributed by atoms with Gasteiger partial charge in [-0.1, -0.05) is 6.08 Å². The van der Waals surface area contributed by atoms with E-state index in [0.717, 1.165) is 32.5 Å². The minimum Gasteiger partial charge on any atom is -0.392 e. The third-order valence-electron chi connectivity index (χ3n) is 5.60. The Balaban J connectivity index is 1.69. The highest BCUT2D eigenvalue weighted by molar-refractivity contribution is 5.88. The predicted molar refractivity (Wildman–Crippen MR) is 71.5 cm³/mol. The molecule has 19 heavy (non-hydrogen) atoms. The molecule has 4 heteroatoms. The Hall–Kier alpha value is -0.870. The molecule has 0 spiro atoms. The number of piperidine rings is 3. The molecule has 0 saturated carbocycles. The molecule has 4 rings (SSSR count). The van der Waals surface area contributed by atoms with Crippen molar-refractivity contribution in [3.05, 3.63) is 12.2 Å². The van der Waals surface area contributed by atoms with E-state index in [1.807, 2.05) is 6.08 Å². The first-order chi connectivity index (χ1) is 9.24. The second-order valence-electron chi connectivity index (χ2n) is 6.64. The van der Waals surface area contributed by atoms with Gasteiger partial charge in [0.15, 0.2) is 0 Å². The topological polar surface area (TPSA) is 43.8 Å². The largest absolute Gasteiger partial charge is 0.392 e. The molecule has 0 aromatic rings. The summed E-state index contributed by atoms with van der Waals surface area (Å²) in [5, 5.41) is 10.2. The van der Waals surface area contributed by atoms with Crippen LogP contribution in [0.25, 0.3) is 0 Å². The van der Waals surface area contributed by atoms with Gasteiger partial charge in [-0.25, -0.2) is 0 Å². The van der Waals surface area contributed by atoms with Gasteiger partial charge in [0.25, 0.3) is 0 Å². The number of hydrogen-bond acceptors (Lipinski definition) is 3. The first-order valence-corrected chi connectivity index (χ1v) is 7.63. The summed E-state index contributed by atoms with van der Waals surface area (Å²) in [4.78, 5) is 16.7. The lowest BCUT2D eigenvalue weighted by Gasteiger charge is -2.58. The number of aliphatic hydroxyl groups excluding tert-OH is 1. The summed E-state index contributed by atoms with van der Waals surface area (Å²) in [7, 11) is 0. The highest BCUT2D eigenvalue weighted by atomic mass is 16.3. The third-order valence-corrected chi connectivity index (χ3v) is 5.60. The lowest BCUT2D eigenvalue weighted by molar-refractivity contribution is -0.147. The molecule has 0 radical (unpaired) electrons. The van der Waals surface area contributed by atoms with Gasteiger partial charge in [0.2, 0.25) is 5.91 Å². The van der Waals surface area contributed by atoms with Crippen molar-refractivity contribution in [1.82, 2.24) is 9.80 Å². The first-order valence-electron chi connectivity index (χ1n) is 7.63. The minimum atomic E-state index is -0.207. The highest BCUT2D eigenvalue weighted by Gasteiger charge is 2.51. The van der Waals surface area contributed by atoms with Gasteiger partial charge in [0.05, 0.1) is 6.10 Å². The Morgan fingerprint density at radius 3 is 3.11 bits per heavy atom. The van der Waals surface area contributed by atoms with Crippen LogP contribution < -0.4 is 0 Å². The Morgan fingerprint density at radius 1 is 1.32 bits per heavy atom. The maximum absolute atomic E-state index is 12.1. The Labute approximate surface area is 114 Å². The van der Waals surface area contributed by atoms with Crippen molar-refractivity contribution in [1.29, 1.82) is 0 Å². The molecule has 4 aliphatic rings. The maximum Gasteiger partial charge on any atom is 0.246 e. The van der Waals surface area contributed by atoms with Crippen LogP contribution in [0.4, 0.5) is 0 Å². The molecule has 0 aliphatic carbocycles. The van der Waals surface area contributed by atoms with E-state index in [2.05, 4.69) is 9.80 Å². The molecule has 3 saturated heterocycles. The van der Waals surface area contributed by atoms with E-state index in [-0.39, 0.29) is 12.0 Å². The monoisotopic (exact) mass is 262 g/mol. The van der Waals surface area contributed by atoms with Crippen LogP contribution in [0.2, 0.25) is 0 Å². The van der Waals surface area contributed by atoms with E-state index >= 15 is 0 Å². The van der Waals surface area contributed by atoms with Gasteiger partial charge in [0.1, 0.15) is 0 Å². The van der Waals surface area contributed by atoms with Crippen molar-refractivity contribution < 1.29 is 9.90 Å². The summed E-state index contributed by atoms with van der Waals surface area (Å²) < 4.78 is 0. The molecule has 104 valence electrons. The number of hydrogen-bond donors (Lipinski definition) is 1. The van der Waals surface area contributed by atoms with Gasteiger partial charge in [-0.3, -0.25) is 9.69 Å². The molecule has 0 aromatic heterocycles. The highest BCUT2D eigenvalue weighted by Crippen LogP contribution is 2.43. The van der Waals surface area contributed by atoms with E-state index in [4.69, 9.17) is 0 Å². The van der Waals surface area contributed by atoms with Crippen LogP contribution in [0.1, 0.15) is 25.7 Å². The maximum atomic E-state index is 12.1. The normalized spacial score (nSPS) is 45.8. The summed E-state index contributed by atoms with van der Waals surface area (Å²) in [6.07, 6.45) is 7.85. The molecule has 4 aliphatic heterocycles. The first kappa shape index (κ1) is 11.9. The summed E-state index contributed by atoms with van der Waals surface area (Å²) in [5.74, 6) is 1.28. The fraction of sp³-hybridized carbons (Fsp3) is 0.800. The standard InChI is InChI=1S/C15H22N2O2/c18-11-7-12-13-4-1-5-14(19)17(13)8-10-3-2-6-16(9-11)15(10)12/h1,5,10-13,15,18H,2-4,6-9H2/t10-,11-,12+,13+,15-/m0/s1. The Kier molecular flexibility index (Phi) is 2.71. The zero-order chi connectivity index (χ0) is 13.0. The molecular formula is C15H22N2O2. The zero-order valence-corrected chi connectivity index (χ0v) is 11.2. The number of aliphatic hydroxyl groups is 1. The van der Waals surface area contributed by atoms with E-state index in [0.29, 0.717) is 23.9 Å². The van der Waals surface area contributed by atoms with Crippen molar-refractivity contribution in [3.63, 3.8) is 0 Å². The van der Waals surface area contributed by atoms with Crippen molar-refractivity contribution in [2.75, 3.05) is 19.6 Å². The molecule has 1 amide bonds. The molecule has 0 aromatic carbocycles. The number of fused-ring (bicyclic) bond motifs is 2. The molecule has 4 heterocycles.